The Morgan fingerprint density at radius 1 is 1.16 bits per heavy atom. The van der Waals surface area contributed by atoms with E-state index in [1.165, 1.54) is 12.1 Å². The summed E-state index contributed by atoms with van der Waals surface area (Å²) in [5.74, 6) is -1.63. The van der Waals surface area contributed by atoms with Crippen LogP contribution in [0, 0.1) is 0 Å². The predicted molar refractivity (Wildman–Crippen MR) is 88.3 cm³/mol. The topological polar surface area (TPSA) is 118 Å². The van der Waals surface area contributed by atoms with Crippen LogP contribution in [0.25, 0.3) is 0 Å². The first-order valence-electron chi connectivity index (χ1n) is 7.30. The van der Waals surface area contributed by atoms with E-state index in [2.05, 4.69) is 4.98 Å². The van der Waals surface area contributed by atoms with Crippen molar-refractivity contribution in [2.45, 2.75) is 13.5 Å². The zero-order valence-electron chi connectivity index (χ0n) is 13.4. The molecule has 0 spiro atoms. The number of hydrogen-bond donors (Lipinski definition) is 1. The standard InChI is InChI=1S/C16H16N2O6S/c1-2-22-16(21)14-18-10(9-25-14)7-24-15(20)11-5-3-4-6-12(11)23-8-13(17)19/h3-6,9H,2,7-8H2,1H3,(H2,17,19). The fourth-order valence-corrected chi connectivity index (χ4v) is 2.48. The minimum atomic E-state index is -0.655. The molecule has 1 amide bonds. The highest BCUT2D eigenvalue weighted by atomic mass is 32.1. The highest BCUT2D eigenvalue weighted by Gasteiger charge is 2.16. The van der Waals surface area contributed by atoms with Crippen molar-refractivity contribution in [1.29, 1.82) is 0 Å². The number of hydrogen-bond acceptors (Lipinski definition) is 8. The number of para-hydroxylation sites is 1. The number of aromatic nitrogens is 1. The lowest BCUT2D eigenvalue weighted by molar-refractivity contribution is -0.119. The number of esters is 2. The molecule has 0 aliphatic heterocycles. The van der Waals surface area contributed by atoms with Gasteiger partial charge in [0.25, 0.3) is 5.91 Å². The van der Waals surface area contributed by atoms with E-state index in [0.717, 1.165) is 11.3 Å². The van der Waals surface area contributed by atoms with Crippen molar-refractivity contribution in [3.05, 3.63) is 45.9 Å². The SMILES string of the molecule is CCOC(=O)c1nc(COC(=O)c2ccccc2OCC(N)=O)cs1. The number of thiazole rings is 1. The Morgan fingerprint density at radius 3 is 2.64 bits per heavy atom. The van der Waals surface area contributed by atoms with Gasteiger partial charge in [-0.3, -0.25) is 4.79 Å². The third-order valence-corrected chi connectivity index (χ3v) is 3.70. The Kier molecular flexibility index (Phi) is 6.47. The first-order valence-corrected chi connectivity index (χ1v) is 8.18. The zero-order valence-corrected chi connectivity index (χ0v) is 14.2. The Labute approximate surface area is 147 Å². The van der Waals surface area contributed by atoms with Gasteiger partial charge in [0.15, 0.2) is 6.61 Å². The lowest BCUT2D eigenvalue weighted by Crippen LogP contribution is -2.21. The van der Waals surface area contributed by atoms with E-state index in [1.807, 2.05) is 0 Å². The monoisotopic (exact) mass is 364 g/mol. The molecule has 8 nitrogen and oxygen atoms in total. The molecule has 2 aromatic rings. The summed E-state index contributed by atoms with van der Waals surface area (Å²) in [4.78, 5) is 38.6. The number of amides is 1. The number of ether oxygens (including phenoxy) is 3. The smallest absolute Gasteiger partial charge is 0.367 e. The summed E-state index contributed by atoms with van der Waals surface area (Å²) in [6, 6.07) is 6.32. The van der Waals surface area contributed by atoms with Crippen LogP contribution in [0.4, 0.5) is 0 Å². The average molecular weight is 364 g/mol. The van der Waals surface area contributed by atoms with Crippen molar-refractivity contribution >= 4 is 29.2 Å². The van der Waals surface area contributed by atoms with Crippen molar-refractivity contribution < 1.29 is 28.6 Å². The van der Waals surface area contributed by atoms with E-state index < -0.39 is 17.8 Å². The van der Waals surface area contributed by atoms with Crippen molar-refractivity contribution in [2.24, 2.45) is 5.73 Å². The molecule has 0 fully saturated rings. The van der Waals surface area contributed by atoms with Crippen LogP contribution in [-0.2, 0) is 20.9 Å². The van der Waals surface area contributed by atoms with Crippen molar-refractivity contribution in [3.63, 3.8) is 0 Å². The van der Waals surface area contributed by atoms with Gasteiger partial charge < -0.3 is 19.9 Å². The van der Waals surface area contributed by atoms with E-state index in [4.69, 9.17) is 19.9 Å². The summed E-state index contributed by atoms with van der Waals surface area (Å²) < 4.78 is 15.2. The molecule has 9 heteroatoms. The fraction of sp³-hybridized carbons (Fsp3) is 0.250. The summed E-state index contributed by atoms with van der Waals surface area (Å²) in [7, 11) is 0. The number of nitrogens with zero attached hydrogens (tertiary/aromatic N) is 1. The van der Waals surface area contributed by atoms with Gasteiger partial charge in [-0.15, -0.1) is 11.3 Å². The molecule has 1 aromatic heterocycles. The van der Waals surface area contributed by atoms with Crippen LogP contribution >= 0.6 is 11.3 Å². The average Bonchev–Trinajstić information content (AvgIpc) is 3.07. The molecule has 0 bridgehead atoms. The number of benzene rings is 1. The maximum absolute atomic E-state index is 12.2. The van der Waals surface area contributed by atoms with Gasteiger partial charge in [-0.05, 0) is 19.1 Å². The van der Waals surface area contributed by atoms with E-state index in [0.29, 0.717) is 5.69 Å². The second-order valence-corrected chi connectivity index (χ2v) is 5.55. The van der Waals surface area contributed by atoms with Crippen LogP contribution in [0.5, 0.6) is 5.75 Å². The van der Waals surface area contributed by atoms with Gasteiger partial charge in [0.2, 0.25) is 5.01 Å². The maximum Gasteiger partial charge on any atom is 0.367 e. The Bertz CT molecular complexity index is 773. The molecule has 0 saturated carbocycles. The highest BCUT2D eigenvalue weighted by molar-refractivity contribution is 7.11. The highest BCUT2D eigenvalue weighted by Crippen LogP contribution is 2.20. The number of primary amides is 1. The molecule has 0 radical (unpaired) electrons. The summed E-state index contributed by atoms with van der Waals surface area (Å²) >= 11 is 1.11. The van der Waals surface area contributed by atoms with Gasteiger partial charge in [-0.25, -0.2) is 14.6 Å². The molecule has 1 heterocycles. The number of carbonyl (C=O) groups excluding carboxylic acids is 3. The summed E-state index contributed by atoms with van der Waals surface area (Å²) in [5.41, 5.74) is 5.61. The van der Waals surface area contributed by atoms with Crippen LogP contribution < -0.4 is 10.5 Å². The Hall–Kier alpha value is -2.94. The molecule has 132 valence electrons. The minimum absolute atomic E-state index is 0.112. The zero-order chi connectivity index (χ0) is 18.2. The predicted octanol–water partition coefficient (Wildman–Crippen LogP) is 1.54. The lowest BCUT2D eigenvalue weighted by atomic mass is 10.2. The van der Waals surface area contributed by atoms with Crippen LogP contribution in [0.1, 0.15) is 32.8 Å². The number of carbonyl (C=O) groups is 3. The number of rotatable bonds is 8. The number of nitrogens with two attached hydrogens (primary N) is 1. The molecular weight excluding hydrogens is 348 g/mol. The van der Waals surface area contributed by atoms with Gasteiger partial charge in [-0.2, -0.15) is 0 Å². The molecule has 0 aliphatic rings. The largest absolute Gasteiger partial charge is 0.483 e. The molecule has 0 atom stereocenters. The van der Waals surface area contributed by atoms with Crippen molar-refractivity contribution in [3.8, 4) is 5.75 Å². The van der Waals surface area contributed by atoms with Gasteiger partial charge >= 0.3 is 11.9 Å². The molecule has 25 heavy (non-hydrogen) atoms. The third kappa shape index (κ3) is 5.28. The summed E-state index contributed by atoms with van der Waals surface area (Å²) in [6.07, 6.45) is 0. The molecule has 0 saturated heterocycles. The molecule has 0 aliphatic carbocycles. The fourth-order valence-electron chi connectivity index (χ4n) is 1.79. The minimum Gasteiger partial charge on any atom is -0.483 e. The first-order chi connectivity index (χ1) is 12.0. The van der Waals surface area contributed by atoms with E-state index in [-0.39, 0.29) is 36.1 Å². The van der Waals surface area contributed by atoms with Crippen molar-refractivity contribution in [2.75, 3.05) is 13.2 Å². The van der Waals surface area contributed by atoms with E-state index in [1.54, 1.807) is 24.4 Å². The molecule has 1 aromatic carbocycles. The Morgan fingerprint density at radius 2 is 1.92 bits per heavy atom. The normalized spacial score (nSPS) is 10.1. The molecule has 0 unspecified atom stereocenters. The maximum atomic E-state index is 12.2. The summed E-state index contributed by atoms with van der Waals surface area (Å²) in [5, 5.41) is 1.80. The molecule has 2 N–H and O–H groups in total. The van der Waals surface area contributed by atoms with Crippen LogP contribution in [0.15, 0.2) is 29.6 Å². The van der Waals surface area contributed by atoms with Gasteiger partial charge in [0.05, 0.1) is 12.3 Å². The van der Waals surface area contributed by atoms with E-state index in [9.17, 15) is 14.4 Å². The molecular formula is C16H16N2O6S. The molecule has 2 rings (SSSR count). The van der Waals surface area contributed by atoms with Gasteiger partial charge in [0, 0.05) is 5.38 Å². The summed E-state index contributed by atoms with van der Waals surface area (Å²) in [6.45, 7) is 1.49. The Balaban J connectivity index is 1.99. The van der Waals surface area contributed by atoms with E-state index >= 15 is 0 Å². The van der Waals surface area contributed by atoms with Crippen molar-refractivity contribution in [1.82, 2.24) is 4.98 Å². The quantitative estimate of drug-likeness (QED) is 0.706. The van der Waals surface area contributed by atoms with Crippen LogP contribution in [0.2, 0.25) is 0 Å². The lowest BCUT2D eigenvalue weighted by Gasteiger charge is -2.09. The third-order valence-electron chi connectivity index (χ3n) is 2.83. The van der Waals surface area contributed by atoms with Gasteiger partial charge in [-0.1, -0.05) is 12.1 Å². The second-order valence-electron chi connectivity index (χ2n) is 4.69. The van der Waals surface area contributed by atoms with Crippen LogP contribution in [-0.4, -0.2) is 36.0 Å². The van der Waals surface area contributed by atoms with Gasteiger partial charge in [0.1, 0.15) is 17.9 Å². The first kappa shape index (κ1) is 18.4. The second kappa shape index (κ2) is 8.78. The van der Waals surface area contributed by atoms with Crippen LogP contribution in [0.3, 0.4) is 0 Å².